The fraction of sp³-hybridized carbons (Fsp3) is 0.435. The van der Waals surface area contributed by atoms with Crippen LogP contribution >= 0.6 is 22.6 Å². The molecule has 28 heavy (non-hydrogen) atoms. The zero-order valence-electron chi connectivity index (χ0n) is 15.9. The van der Waals surface area contributed by atoms with E-state index in [0.717, 1.165) is 49.8 Å². The molecule has 1 saturated carbocycles. The number of aromatic nitrogens is 1. The van der Waals surface area contributed by atoms with Gasteiger partial charge >= 0.3 is 0 Å². The van der Waals surface area contributed by atoms with Crippen molar-refractivity contribution in [3.8, 4) is 5.75 Å². The molecule has 1 aromatic heterocycles. The van der Waals surface area contributed by atoms with Crippen molar-refractivity contribution in [1.29, 1.82) is 0 Å². The third kappa shape index (κ3) is 3.38. The average molecular weight is 488 g/mol. The fourth-order valence-electron chi connectivity index (χ4n) is 4.74. The fourth-order valence-corrected chi connectivity index (χ4v) is 5.25. The Balaban J connectivity index is 1.29. The van der Waals surface area contributed by atoms with Crippen LogP contribution in [0.2, 0.25) is 0 Å². The lowest BCUT2D eigenvalue weighted by Gasteiger charge is -2.48. The van der Waals surface area contributed by atoms with Gasteiger partial charge < -0.3 is 15.0 Å². The van der Waals surface area contributed by atoms with E-state index in [2.05, 4.69) is 69.4 Å². The van der Waals surface area contributed by atoms with E-state index in [1.54, 1.807) is 0 Å². The smallest absolute Gasteiger partial charge is 0.220 e. The number of allylic oxidation sites excluding steroid dienone is 1. The molecule has 5 heteroatoms. The second kappa shape index (κ2) is 7.25. The summed E-state index contributed by atoms with van der Waals surface area (Å²) in [4.78, 5) is 16.2. The van der Waals surface area contributed by atoms with Gasteiger partial charge in [-0.25, -0.2) is 0 Å². The van der Waals surface area contributed by atoms with Crippen LogP contribution in [0.15, 0.2) is 30.5 Å². The molecule has 1 aliphatic heterocycles. The molecule has 2 N–H and O–H groups in total. The first kappa shape index (κ1) is 18.3. The molecule has 5 rings (SSSR count). The van der Waals surface area contributed by atoms with Gasteiger partial charge in [0.15, 0.2) is 0 Å². The second-order valence-corrected chi connectivity index (χ2v) is 9.54. The van der Waals surface area contributed by atoms with Crippen molar-refractivity contribution < 1.29 is 9.53 Å². The Morgan fingerprint density at radius 2 is 2.25 bits per heavy atom. The highest BCUT2D eigenvalue weighted by atomic mass is 127. The number of fused-ring (bicyclic) bond motifs is 2. The van der Waals surface area contributed by atoms with Crippen LogP contribution in [0.4, 0.5) is 0 Å². The first-order valence-electron chi connectivity index (χ1n) is 10.3. The maximum Gasteiger partial charge on any atom is 0.220 e. The van der Waals surface area contributed by atoms with Crippen LogP contribution in [0.3, 0.4) is 0 Å². The summed E-state index contributed by atoms with van der Waals surface area (Å²) in [5.41, 5.74) is 4.90. The minimum absolute atomic E-state index is 0.0475. The third-order valence-electron chi connectivity index (χ3n) is 6.41. The summed E-state index contributed by atoms with van der Waals surface area (Å²) in [6.45, 7) is 0. The van der Waals surface area contributed by atoms with Crippen molar-refractivity contribution in [2.24, 2.45) is 0 Å². The van der Waals surface area contributed by atoms with E-state index in [1.165, 1.54) is 26.8 Å². The Labute approximate surface area is 179 Å². The summed E-state index contributed by atoms with van der Waals surface area (Å²) >= 11 is 2.33. The number of benzene rings is 1. The number of amides is 1. The zero-order valence-corrected chi connectivity index (χ0v) is 18.1. The molecule has 2 aromatic rings. The summed E-state index contributed by atoms with van der Waals surface area (Å²) in [5, 5.41) is 3.32. The predicted molar refractivity (Wildman–Crippen MR) is 118 cm³/mol. The molecule has 2 aliphatic carbocycles. The number of hydrogen-bond acceptors (Lipinski definition) is 2. The Kier molecular flexibility index (Phi) is 4.73. The number of hydrogen-bond donors (Lipinski definition) is 2. The number of carbonyl (C=O) groups is 1. The second-order valence-electron chi connectivity index (χ2n) is 8.29. The van der Waals surface area contributed by atoms with Crippen molar-refractivity contribution in [1.82, 2.24) is 10.3 Å². The maximum absolute atomic E-state index is 12.8. The molecular weight excluding hydrogens is 463 g/mol. The molecule has 3 aliphatic rings. The first-order valence-corrected chi connectivity index (χ1v) is 11.3. The van der Waals surface area contributed by atoms with Crippen LogP contribution in [0.1, 0.15) is 67.0 Å². The van der Waals surface area contributed by atoms with Gasteiger partial charge in [-0.3, -0.25) is 4.79 Å². The molecule has 1 amide bonds. The Morgan fingerprint density at radius 3 is 3.07 bits per heavy atom. The first-order chi connectivity index (χ1) is 13.6. The van der Waals surface area contributed by atoms with Crippen LogP contribution in [0.25, 0.3) is 6.08 Å². The van der Waals surface area contributed by atoms with E-state index in [0.29, 0.717) is 6.42 Å². The van der Waals surface area contributed by atoms with E-state index in [-0.39, 0.29) is 17.6 Å². The maximum atomic E-state index is 12.8. The molecule has 1 aromatic carbocycles. The molecule has 1 unspecified atom stereocenters. The lowest BCUT2D eigenvalue weighted by molar-refractivity contribution is -0.123. The number of ether oxygens (including phenoxy) is 1. The molecule has 4 nitrogen and oxygen atoms in total. The molecule has 0 saturated heterocycles. The number of H-pyrrole nitrogens is 1. The van der Waals surface area contributed by atoms with E-state index in [4.69, 9.17) is 4.74 Å². The Morgan fingerprint density at radius 1 is 1.36 bits per heavy atom. The summed E-state index contributed by atoms with van der Waals surface area (Å²) in [6.07, 6.45) is 14.2. The molecule has 146 valence electrons. The highest BCUT2D eigenvalue weighted by Gasteiger charge is 2.45. The monoisotopic (exact) mass is 488 g/mol. The van der Waals surface area contributed by atoms with E-state index < -0.39 is 0 Å². The highest BCUT2D eigenvalue weighted by molar-refractivity contribution is 14.1. The molecule has 1 spiro atoms. The van der Waals surface area contributed by atoms with Gasteiger partial charge in [0.1, 0.15) is 11.4 Å². The van der Waals surface area contributed by atoms with Crippen molar-refractivity contribution in [2.75, 3.05) is 0 Å². The van der Waals surface area contributed by atoms with E-state index in [1.807, 2.05) is 0 Å². The topological polar surface area (TPSA) is 54.1 Å². The van der Waals surface area contributed by atoms with Crippen molar-refractivity contribution >= 4 is 34.6 Å². The SMILES string of the molecule is O=C(CCc1c[nH]c2c1C=CCC2)NC1CC2(CCC2)Oc2ccc(I)cc21. The van der Waals surface area contributed by atoms with Gasteiger partial charge in [0.2, 0.25) is 5.91 Å². The normalized spacial score (nSPS) is 21.4. The lowest BCUT2D eigenvalue weighted by Crippen LogP contribution is -2.49. The predicted octanol–water partition coefficient (Wildman–Crippen LogP) is 5.07. The number of nitrogens with one attached hydrogen (secondary N) is 2. The minimum Gasteiger partial charge on any atom is -0.487 e. The zero-order chi connectivity index (χ0) is 19.1. The summed E-state index contributed by atoms with van der Waals surface area (Å²) in [7, 11) is 0. The number of halogens is 1. The molecule has 0 radical (unpaired) electrons. The van der Waals surface area contributed by atoms with Crippen LogP contribution in [-0.4, -0.2) is 16.5 Å². The highest BCUT2D eigenvalue weighted by Crippen LogP contribution is 2.49. The third-order valence-corrected chi connectivity index (χ3v) is 7.08. The van der Waals surface area contributed by atoms with Crippen molar-refractivity contribution in [3.63, 3.8) is 0 Å². The summed E-state index contributed by atoms with van der Waals surface area (Å²) in [5.74, 6) is 1.07. The van der Waals surface area contributed by atoms with Gasteiger partial charge in [-0.15, -0.1) is 0 Å². The quantitative estimate of drug-likeness (QED) is 0.591. The molecule has 2 heterocycles. The van der Waals surface area contributed by atoms with Gasteiger partial charge in [0.05, 0.1) is 6.04 Å². The van der Waals surface area contributed by atoms with Gasteiger partial charge in [-0.1, -0.05) is 12.2 Å². The van der Waals surface area contributed by atoms with E-state index >= 15 is 0 Å². The minimum atomic E-state index is -0.0672. The molecule has 1 atom stereocenters. The van der Waals surface area contributed by atoms with Crippen molar-refractivity contribution in [2.45, 2.75) is 63.0 Å². The number of rotatable bonds is 4. The Bertz CT molecular complexity index is 942. The van der Waals surface area contributed by atoms with Crippen LogP contribution in [0, 0.1) is 3.57 Å². The largest absolute Gasteiger partial charge is 0.487 e. The van der Waals surface area contributed by atoms with E-state index in [9.17, 15) is 4.79 Å². The molecular formula is C23H25IN2O2. The average Bonchev–Trinajstić information content (AvgIpc) is 3.08. The lowest BCUT2D eigenvalue weighted by atomic mass is 9.73. The number of aromatic amines is 1. The van der Waals surface area contributed by atoms with Gasteiger partial charge in [-0.2, -0.15) is 0 Å². The molecule has 0 bridgehead atoms. The van der Waals surface area contributed by atoms with Gasteiger partial charge in [0.25, 0.3) is 0 Å². The standard InChI is InChI=1S/C23H25IN2O2/c24-16-7-8-21-18(12-16)20(13-23(28-21)10-3-11-23)26-22(27)9-6-15-14-25-19-5-2-1-4-17(15)19/h1,4,7-8,12,14,20,25H,2-3,5-6,9-11,13H2,(H,26,27). The van der Waals surface area contributed by atoms with Crippen LogP contribution < -0.4 is 10.1 Å². The van der Waals surface area contributed by atoms with Crippen LogP contribution in [-0.2, 0) is 17.6 Å². The summed E-state index contributed by atoms with van der Waals surface area (Å²) < 4.78 is 7.51. The van der Waals surface area contributed by atoms with Crippen LogP contribution in [0.5, 0.6) is 5.75 Å². The molecule has 1 fully saturated rings. The number of carbonyl (C=O) groups excluding carboxylic acids is 1. The number of aryl methyl sites for hydroxylation is 2. The summed E-state index contributed by atoms with van der Waals surface area (Å²) in [6, 6.07) is 6.35. The van der Waals surface area contributed by atoms with Gasteiger partial charge in [0, 0.05) is 33.9 Å². The van der Waals surface area contributed by atoms with Gasteiger partial charge in [-0.05, 0) is 90.4 Å². The van der Waals surface area contributed by atoms with Crippen molar-refractivity contribution in [3.05, 3.63) is 56.4 Å². The Hall–Kier alpha value is -1.76.